The van der Waals surface area contributed by atoms with Crippen LogP contribution in [0.4, 0.5) is 4.39 Å². The molecule has 1 aromatic carbocycles. The molecule has 16 heavy (non-hydrogen) atoms. The largest absolute Gasteiger partial charge is 0.496 e. The van der Waals surface area contributed by atoms with E-state index in [1.807, 2.05) is 13.0 Å². The molecule has 3 nitrogen and oxygen atoms in total. The fourth-order valence-corrected chi connectivity index (χ4v) is 1.85. The van der Waals surface area contributed by atoms with E-state index in [2.05, 4.69) is 5.43 Å². The van der Waals surface area contributed by atoms with E-state index in [0.717, 1.165) is 12.0 Å². The van der Waals surface area contributed by atoms with Gasteiger partial charge in [-0.25, -0.2) is 9.82 Å². The van der Waals surface area contributed by atoms with Gasteiger partial charge in [0, 0.05) is 12.0 Å². The molecule has 1 atom stereocenters. The van der Waals surface area contributed by atoms with Crippen molar-refractivity contribution in [2.24, 2.45) is 5.84 Å². The molecular weight excluding hydrogens is 207 g/mol. The zero-order valence-electron chi connectivity index (χ0n) is 9.16. The van der Waals surface area contributed by atoms with Gasteiger partial charge in [0.05, 0.1) is 6.61 Å². The first kappa shape index (κ1) is 11.1. The Kier molecular flexibility index (Phi) is 3.22. The Labute approximate surface area is 94.1 Å². The number of nitrogens with two attached hydrogens (primary N) is 1. The molecule has 0 saturated heterocycles. The maximum Gasteiger partial charge on any atom is 0.128 e. The summed E-state index contributed by atoms with van der Waals surface area (Å²) in [6.45, 7) is 2.56. The maximum atomic E-state index is 13.7. The number of ether oxygens (including phenoxy) is 1. The minimum absolute atomic E-state index is 0.273. The number of nitrogens with one attached hydrogen (secondary N) is 1. The third-order valence-corrected chi connectivity index (χ3v) is 2.65. The van der Waals surface area contributed by atoms with E-state index in [9.17, 15) is 4.39 Å². The average Bonchev–Trinajstić information content (AvgIpc) is 2.78. The lowest BCUT2D eigenvalue weighted by Gasteiger charge is -2.18. The summed E-state index contributed by atoms with van der Waals surface area (Å²) in [7, 11) is 0. The second-order valence-corrected chi connectivity index (χ2v) is 3.87. The number of aryl methyl sites for hydroxylation is 1. The first-order valence-electron chi connectivity index (χ1n) is 5.27. The van der Waals surface area contributed by atoms with Crippen molar-refractivity contribution in [1.82, 2.24) is 5.43 Å². The number of rotatable bonds is 3. The molecule has 0 fully saturated rings. The SMILES string of the molecule is Cc1ccc(F)c(C(NN)C2=CCCO2)c1. The van der Waals surface area contributed by atoms with E-state index in [-0.39, 0.29) is 5.82 Å². The molecule has 86 valence electrons. The molecule has 0 aliphatic carbocycles. The second-order valence-electron chi connectivity index (χ2n) is 3.87. The van der Waals surface area contributed by atoms with Crippen LogP contribution in [0.1, 0.15) is 23.6 Å². The van der Waals surface area contributed by atoms with E-state index < -0.39 is 6.04 Å². The molecular formula is C12H15FN2O. The molecule has 4 heteroatoms. The molecule has 1 unspecified atom stereocenters. The highest BCUT2D eigenvalue weighted by Crippen LogP contribution is 2.28. The standard InChI is InChI=1S/C12H15FN2O/c1-8-4-5-10(13)9(7-8)12(15-14)11-3-2-6-16-11/h3-5,7,12,15H,2,6,14H2,1H3. The molecule has 3 N–H and O–H groups in total. The summed E-state index contributed by atoms with van der Waals surface area (Å²) in [5.74, 6) is 5.89. The third kappa shape index (κ3) is 2.08. The van der Waals surface area contributed by atoms with Crippen LogP contribution in [-0.2, 0) is 4.74 Å². The van der Waals surface area contributed by atoms with Crippen molar-refractivity contribution in [3.8, 4) is 0 Å². The number of halogens is 1. The van der Waals surface area contributed by atoms with Crippen molar-refractivity contribution in [2.75, 3.05) is 6.61 Å². The molecule has 0 saturated carbocycles. The Bertz CT molecular complexity index is 417. The lowest BCUT2D eigenvalue weighted by molar-refractivity contribution is 0.214. The number of hydrogen-bond donors (Lipinski definition) is 2. The van der Waals surface area contributed by atoms with E-state index in [0.29, 0.717) is 17.9 Å². The van der Waals surface area contributed by atoms with Crippen molar-refractivity contribution in [1.29, 1.82) is 0 Å². The normalized spacial score (nSPS) is 16.8. The molecule has 2 rings (SSSR count). The lowest BCUT2D eigenvalue weighted by atomic mass is 10.0. The molecule has 0 spiro atoms. The molecule has 1 heterocycles. The van der Waals surface area contributed by atoms with Crippen molar-refractivity contribution in [3.05, 3.63) is 47.0 Å². The number of hydrogen-bond acceptors (Lipinski definition) is 3. The minimum atomic E-state index is -0.401. The molecule has 0 aromatic heterocycles. The van der Waals surface area contributed by atoms with Crippen LogP contribution >= 0.6 is 0 Å². The predicted molar refractivity (Wildman–Crippen MR) is 59.9 cm³/mol. The molecule has 1 aromatic rings. The minimum Gasteiger partial charge on any atom is -0.496 e. The highest BCUT2D eigenvalue weighted by molar-refractivity contribution is 5.31. The van der Waals surface area contributed by atoms with Gasteiger partial charge in [-0.3, -0.25) is 5.84 Å². The summed E-state index contributed by atoms with van der Waals surface area (Å²) in [5, 5.41) is 0. The van der Waals surface area contributed by atoms with Crippen molar-refractivity contribution >= 4 is 0 Å². The van der Waals surface area contributed by atoms with Gasteiger partial charge in [-0.2, -0.15) is 0 Å². The van der Waals surface area contributed by atoms with Gasteiger partial charge in [-0.15, -0.1) is 0 Å². The van der Waals surface area contributed by atoms with Gasteiger partial charge in [0.15, 0.2) is 0 Å². The second kappa shape index (κ2) is 4.63. The van der Waals surface area contributed by atoms with Gasteiger partial charge >= 0.3 is 0 Å². The fraction of sp³-hybridized carbons (Fsp3) is 0.333. The molecule has 1 aliphatic heterocycles. The first-order chi connectivity index (χ1) is 7.72. The van der Waals surface area contributed by atoms with Crippen molar-refractivity contribution in [3.63, 3.8) is 0 Å². The van der Waals surface area contributed by atoms with Crippen molar-refractivity contribution in [2.45, 2.75) is 19.4 Å². The first-order valence-corrected chi connectivity index (χ1v) is 5.27. The fourth-order valence-electron chi connectivity index (χ4n) is 1.85. The highest BCUT2D eigenvalue weighted by atomic mass is 19.1. The van der Waals surface area contributed by atoms with Crippen LogP contribution in [0.5, 0.6) is 0 Å². The van der Waals surface area contributed by atoms with Gasteiger partial charge in [0.1, 0.15) is 17.6 Å². The zero-order chi connectivity index (χ0) is 11.5. The number of benzene rings is 1. The van der Waals surface area contributed by atoms with Gasteiger partial charge in [-0.1, -0.05) is 17.7 Å². The number of hydrazine groups is 1. The van der Waals surface area contributed by atoms with Crippen LogP contribution in [0.2, 0.25) is 0 Å². The maximum absolute atomic E-state index is 13.7. The summed E-state index contributed by atoms with van der Waals surface area (Å²) in [6.07, 6.45) is 2.78. The quantitative estimate of drug-likeness (QED) is 0.607. The van der Waals surface area contributed by atoms with Crippen molar-refractivity contribution < 1.29 is 9.13 Å². The molecule has 0 radical (unpaired) electrons. The van der Waals surface area contributed by atoms with Crippen LogP contribution in [-0.4, -0.2) is 6.61 Å². The van der Waals surface area contributed by atoms with Crippen LogP contribution in [0.15, 0.2) is 30.0 Å². The summed E-state index contributed by atoms with van der Waals surface area (Å²) < 4.78 is 19.1. The van der Waals surface area contributed by atoms with E-state index >= 15 is 0 Å². The monoisotopic (exact) mass is 222 g/mol. The molecule has 0 amide bonds. The Morgan fingerprint density at radius 3 is 2.94 bits per heavy atom. The average molecular weight is 222 g/mol. The molecule has 1 aliphatic rings. The van der Waals surface area contributed by atoms with Crippen LogP contribution < -0.4 is 11.3 Å². The summed E-state index contributed by atoms with van der Waals surface area (Å²) in [4.78, 5) is 0. The van der Waals surface area contributed by atoms with E-state index in [1.165, 1.54) is 6.07 Å². The third-order valence-electron chi connectivity index (χ3n) is 2.65. The van der Waals surface area contributed by atoms with Crippen LogP contribution in [0.3, 0.4) is 0 Å². The topological polar surface area (TPSA) is 47.3 Å². The summed E-state index contributed by atoms with van der Waals surface area (Å²) >= 11 is 0. The van der Waals surface area contributed by atoms with E-state index in [4.69, 9.17) is 10.6 Å². The summed E-state index contributed by atoms with van der Waals surface area (Å²) in [5.41, 5.74) is 4.11. The molecule has 0 bridgehead atoms. The highest BCUT2D eigenvalue weighted by Gasteiger charge is 2.22. The smallest absolute Gasteiger partial charge is 0.128 e. The van der Waals surface area contributed by atoms with E-state index in [1.54, 1.807) is 12.1 Å². The Balaban J connectivity index is 2.35. The predicted octanol–water partition coefficient (Wildman–Crippen LogP) is 1.94. The van der Waals surface area contributed by atoms with Gasteiger partial charge in [-0.05, 0) is 19.1 Å². The zero-order valence-corrected chi connectivity index (χ0v) is 9.16. The lowest BCUT2D eigenvalue weighted by Crippen LogP contribution is -2.30. The van der Waals surface area contributed by atoms with Crippen LogP contribution in [0, 0.1) is 12.7 Å². The Hall–Kier alpha value is -1.39. The Morgan fingerprint density at radius 2 is 2.31 bits per heavy atom. The van der Waals surface area contributed by atoms with Gasteiger partial charge < -0.3 is 4.74 Å². The summed E-state index contributed by atoms with van der Waals surface area (Å²) in [6, 6.07) is 4.56. The van der Waals surface area contributed by atoms with Gasteiger partial charge in [0.2, 0.25) is 0 Å². The van der Waals surface area contributed by atoms with Crippen LogP contribution in [0.25, 0.3) is 0 Å². The van der Waals surface area contributed by atoms with Gasteiger partial charge in [0.25, 0.3) is 0 Å². The Morgan fingerprint density at radius 1 is 1.50 bits per heavy atom.